The molecule has 0 atom stereocenters. The Hall–Kier alpha value is -2.28. The first kappa shape index (κ1) is 16.1. The van der Waals surface area contributed by atoms with Gasteiger partial charge >= 0.3 is 0 Å². The lowest BCUT2D eigenvalue weighted by molar-refractivity contribution is -0.112. The summed E-state index contributed by atoms with van der Waals surface area (Å²) in [7, 11) is 0. The summed E-state index contributed by atoms with van der Waals surface area (Å²) in [5, 5.41) is 12.6. The van der Waals surface area contributed by atoms with Gasteiger partial charge < -0.3 is 5.32 Å². The van der Waals surface area contributed by atoms with Gasteiger partial charge in [0.05, 0.1) is 0 Å². The zero-order chi connectivity index (χ0) is 16.1. The summed E-state index contributed by atoms with van der Waals surface area (Å²) in [5.74, 6) is -0.512. The highest BCUT2D eigenvalue weighted by molar-refractivity contribution is 6.37. The van der Waals surface area contributed by atoms with Gasteiger partial charge in [0.15, 0.2) is 0 Å². The summed E-state index contributed by atoms with van der Waals surface area (Å²) >= 11 is 12.1. The summed E-state index contributed by atoms with van der Waals surface area (Å²) in [5.41, 5.74) is 2.07. The van der Waals surface area contributed by atoms with Crippen molar-refractivity contribution < 1.29 is 4.79 Å². The van der Waals surface area contributed by atoms with Gasteiger partial charge in [-0.1, -0.05) is 47.0 Å². The number of aryl methyl sites for hydroxylation is 1. The molecule has 0 aliphatic heterocycles. The van der Waals surface area contributed by atoms with E-state index >= 15 is 0 Å². The number of benzene rings is 2. The van der Waals surface area contributed by atoms with Gasteiger partial charge in [-0.2, -0.15) is 5.26 Å². The fourth-order valence-electron chi connectivity index (χ4n) is 1.78. The molecule has 0 radical (unpaired) electrons. The monoisotopic (exact) mass is 330 g/mol. The normalized spacial score (nSPS) is 10.9. The van der Waals surface area contributed by atoms with Crippen LogP contribution in [0.15, 0.2) is 48.0 Å². The third kappa shape index (κ3) is 3.88. The smallest absolute Gasteiger partial charge is 0.266 e. The van der Waals surface area contributed by atoms with Crippen molar-refractivity contribution in [2.24, 2.45) is 0 Å². The first-order valence-corrected chi connectivity index (χ1v) is 7.20. The molecule has 1 N–H and O–H groups in total. The van der Waals surface area contributed by atoms with Crippen LogP contribution in [0.2, 0.25) is 10.0 Å². The molecular formula is C17H12Cl2N2O. The number of nitrogens with one attached hydrogen (secondary N) is 1. The van der Waals surface area contributed by atoms with Crippen LogP contribution in [0.1, 0.15) is 11.1 Å². The maximum Gasteiger partial charge on any atom is 0.266 e. The third-order valence-corrected chi connectivity index (χ3v) is 3.62. The largest absolute Gasteiger partial charge is 0.321 e. The number of carbonyl (C=O) groups is 1. The topological polar surface area (TPSA) is 52.9 Å². The van der Waals surface area contributed by atoms with E-state index in [9.17, 15) is 10.1 Å². The SMILES string of the molecule is Cc1ccc(NC(=O)/C(C#N)=C\c2c(Cl)cccc2Cl)cc1. The number of amides is 1. The van der Waals surface area contributed by atoms with E-state index in [0.29, 0.717) is 21.3 Å². The number of carbonyl (C=O) groups excluding carboxylic acids is 1. The van der Waals surface area contributed by atoms with Crippen LogP contribution in [0.4, 0.5) is 5.69 Å². The van der Waals surface area contributed by atoms with Crippen molar-refractivity contribution in [3.63, 3.8) is 0 Å². The molecule has 0 fully saturated rings. The number of hydrogen-bond acceptors (Lipinski definition) is 2. The summed E-state index contributed by atoms with van der Waals surface area (Å²) in [4.78, 5) is 12.2. The van der Waals surface area contributed by atoms with Crippen molar-refractivity contribution in [1.29, 1.82) is 5.26 Å². The maximum atomic E-state index is 12.2. The summed E-state index contributed by atoms with van der Waals surface area (Å²) < 4.78 is 0. The molecule has 0 unspecified atom stereocenters. The van der Waals surface area contributed by atoms with Gasteiger partial charge in [0.25, 0.3) is 5.91 Å². The summed E-state index contributed by atoms with van der Waals surface area (Å²) in [6.45, 7) is 1.95. The van der Waals surface area contributed by atoms with E-state index < -0.39 is 5.91 Å². The molecule has 0 saturated carbocycles. The van der Waals surface area contributed by atoms with Gasteiger partial charge in [0.2, 0.25) is 0 Å². The van der Waals surface area contributed by atoms with E-state index in [2.05, 4.69) is 5.32 Å². The second kappa shape index (κ2) is 7.13. The van der Waals surface area contributed by atoms with Crippen LogP contribution < -0.4 is 5.32 Å². The molecule has 2 rings (SSSR count). The predicted octanol–water partition coefficient (Wildman–Crippen LogP) is 4.85. The molecule has 2 aromatic rings. The molecule has 0 heterocycles. The molecule has 0 saturated heterocycles. The van der Waals surface area contributed by atoms with Gasteiger partial charge in [-0.3, -0.25) is 4.79 Å². The second-order valence-electron chi connectivity index (χ2n) is 4.63. The Kier molecular flexibility index (Phi) is 5.21. The first-order valence-electron chi connectivity index (χ1n) is 6.45. The zero-order valence-electron chi connectivity index (χ0n) is 11.7. The fourth-order valence-corrected chi connectivity index (χ4v) is 2.28. The molecular weight excluding hydrogens is 319 g/mol. The van der Waals surface area contributed by atoms with Crippen molar-refractivity contribution >= 4 is 40.9 Å². The molecule has 0 aliphatic rings. The molecule has 0 spiro atoms. The number of nitriles is 1. The van der Waals surface area contributed by atoms with E-state index in [4.69, 9.17) is 23.2 Å². The lowest BCUT2D eigenvalue weighted by Crippen LogP contribution is -2.13. The molecule has 22 heavy (non-hydrogen) atoms. The molecule has 0 bridgehead atoms. The van der Waals surface area contributed by atoms with E-state index in [1.54, 1.807) is 30.3 Å². The third-order valence-electron chi connectivity index (χ3n) is 2.96. The Morgan fingerprint density at radius 2 is 1.73 bits per heavy atom. The molecule has 110 valence electrons. The Bertz CT molecular complexity index is 754. The average Bonchev–Trinajstić information content (AvgIpc) is 2.49. The van der Waals surface area contributed by atoms with E-state index in [1.165, 1.54) is 6.08 Å². The number of nitrogens with zero attached hydrogens (tertiary/aromatic N) is 1. The Morgan fingerprint density at radius 3 is 2.27 bits per heavy atom. The van der Waals surface area contributed by atoms with Crippen LogP contribution in [0, 0.1) is 18.3 Å². The minimum absolute atomic E-state index is 0.0735. The average molecular weight is 331 g/mol. The van der Waals surface area contributed by atoms with Gasteiger partial charge in [0, 0.05) is 21.3 Å². The lowest BCUT2D eigenvalue weighted by atomic mass is 10.1. The van der Waals surface area contributed by atoms with Crippen molar-refractivity contribution in [1.82, 2.24) is 0 Å². The lowest BCUT2D eigenvalue weighted by Gasteiger charge is -2.06. The van der Waals surface area contributed by atoms with E-state index in [-0.39, 0.29) is 5.57 Å². The first-order chi connectivity index (χ1) is 10.5. The summed E-state index contributed by atoms with van der Waals surface area (Å²) in [6, 6.07) is 14.1. The highest BCUT2D eigenvalue weighted by atomic mass is 35.5. The van der Waals surface area contributed by atoms with Crippen LogP contribution in [-0.4, -0.2) is 5.91 Å². The van der Waals surface area contributed by atoms with Crippen LogP contribution >= 0.6 is 23.2 Å². The summed E-state index contributed by atoms with van der Waals surface area (Å²) in [6.07, 6.45) is 1.38. The quantitative estimate of drug-likeness (QED) is 0.646. The highest BCUT2D eigenvalue weighted by Crippen LogP contribution is 2.26. The Balaban J connectivity index is 2.28. The van der Waals surface area contributed by atoms with Crippen LogP contribution in [0.25, 0.3) is 6.08 Å². The molecule has 3 nitrogen and oxygen atoms in total. The van der Waals surface area contributed by atoms with Gasteiger partial charge in [-0.15, -0.1) is 0 Å². The highest BCUT2D eigenvalue weighted by Gasteiger charge is 2.12. The van der Waals surface area contributed by atoms with Gasteiger partial charge in [-0.25, -0.2) is 0 Å². The maximum absolute atomic E-state index is 12.2. The van der Waals surface area contributed by atoms with Crippen LogP contribution in [0.3, 0.4) is 0 Å². The van der Waals surface area contributed by atoms with Crippen LogP contribution in [0.5, 0.6) is 0 Å². The van der Waals surface area contributed by atoms with Crippen molar-refractivity contribution in [3.05, 3.63) is 69.2 Å². The van der Waals surface area contributed by atoms with Gasteiger partial charge in [0.1, 0.15) is 11.6 Å². The molecule has 0 aromatic heterocycles. The molecule has 2 aromatic carbocycles. The minimum Gasteiger partial charge on any atom is -0.321 e. The minimum atomic E-state index is -0.512. The number of halogens is 2. The standard InChI is InChI=1S/C17H12Cl2N2O/c1-11-5-7-13(8-6-11)21-17(22)12(10-20)9-14-15(18)3-2-4-16(14)19/h2-9H,1H3,(H,21,22)/b12-9-. The van der Waals surface area contributed by atoms with Crippen molar-refractivity contribution in [2.75, 3.05) is 5.32 Å². The van der Waals surface area contributed by atoms with Gasteiger partial charge in [-0.05, 0) is 37.3 Å². The Labute approximate surface area is 138 Å². The zero-order valence-corrected chi connectivity index (χ0v) is 13.2. The number of hydrogen-bond donors (Lipinski definition) is 1. The molecule has 1 amide bonds. The van der Waals surface area contributed by atoms with E-state index in [1.807, 2.05) is 25.1 Å². The molecule has 0 aliphatic carbocycles. The molecule has 5 heteroatoms. The number of rotatable bonds is 3. The van der Waals surface area contributed by atoms with E-state index in [0.717, 1.165) is 5.56 Å². The van der Waals surface area contributed by atoms with Crippen molar-refractivity contribution in [3.8, 4) is 6.07 Å². The van der Waals surface area contributed by atoms with Crippen LogP contribution in [-0.2, 0) is 4.79 Å². The van der Waals surface area contributed by atoms with Crippen molar-refractivity contribution in [2.45, 2.75) is 6.92 Å². The second-order valence-corrected chi connectivity index (χ2v) is 5.44. The predicted molar refractivity (Wildman–Crippen MR) is 89.9 cm³/mol. The Morgan fingerprint density at radius 1 is 1.14 bits per heavy atom. The fraction of sp³-hybridized carbons (Fsp3) is 0.0588. The number of anilines is 1.